The van der Waals surface area contributed by atoms with Crippen LogP contribution in [0.2, 0.25) is 0 Å². The smallest absolute Gasteiger partial charge is 0.421 e. The van der Waals surface area contributed by atoms with Crippen LogP contribution in [0, 0.1) is 17.8 Å². The van der Waals surface area contributed by atoms with Gasteiger partial charge in [-0.1, -0.05) is 90.7 Å². The first-order valence-corrected chi connectivity index (χ1v) is 19.4. The predicted molar refractivity (Wildman–Crippen MR) is 216 cm³/mol. The number of nitrogens with zero attached hydrogens (tertiary/aromatic N) is 2. The molecule has 3 aliphatic rings. The molecular weight excluding hydrogens is 755 g/mol. The number of methoxy groups -OCH3 is 1. The van der Waals surface area contributed by atoms with Gasteiger partial charge in [0.1, 0.15) is 36.5 Å². The van der Waals surface area contributed by atoms with Gasteiger partial charge in [0.25, 0.3) is 0 Å². The van der Waals surface area contributed by atoms with E-state index >= 15 is 9.59 Å². The molecule has 0 aliphatic carbocycles. The second kappa shape index (κ2) is 18.1. The van der Waals surface area contributed by atoms with E-state index in [2.05, 4.69) is 23.7 Å². The Bertz CT molecular complexity index is 2240. The Morgan fingerprint density at radius 1 is 0.881 bits per heavy atom. The Morgan fingerprint density at radius 3 is 2.25 bits per heavy atom. The first kappa shape index (κ1) is 40.9. The fourth-order valence-electron chi connectivity index (χ4n) is 8.66. The number of benzene rings is 4. The van der Waals surface area contributed by atoms with Gasteiger partial charge in [0, 0.05) is 25.6 Å². The van der Waals surface area contributed by atoms with Gasteiger partial charge in [-0.2, -0.15) is 0 Å². The molecule has 4 aromatic carbocycles. The van der Waals surface area contributed by atoms with E-state index in [0.717, 1.165) is 10.5 Å². The minimum absolute atomic E-state index is 0.0139. The van der Waals surface area contributed by atoms with E-state index in [-0.39, 0.29) is 57.3 Å². The van der Waals surface area contributed by atoms with Crippen molar-refractivity contribution in [2.24, 2.45) is 5.92 Å². The standard InChI is InChI=1S/C46H45N3O10/c1-3-23-47-42(52)37-39-43(53)59-40(32-15-8-5-9-16-32)38(31-13-6-4-7-14-31)49(39)41(33-18-20-34(21-19-33)57-26-25-51)46(37)35-29-30(12-10-11-24-50)17-22-36(35)48(44(46)54)45(55)58-28-27-56-2/h3-9,13-22,29,37-41,50-51H,1,11,23-28H2,2H3,(H,47,52). The molecule has 0 saturated carbocycles. The quantitative estimate of drug-likeness (QED) is 0.0753. The van der Waals surface area contributed by atoms with Crippen molar-refractivity contribution in [1.29, 1.82) is 0 Å². The second-order valence-corrected chi connectivity index (χ2v) is 14.2. The number of hydrogen-bond donors (Lipinski definition) is 3. The van der Waals surface area contributed by atoms with Crippen molar-refractivity contribution in [3.8, 4) is 17.6 Å². The van der Waals surface area contributed by atoms with Crippen molar-refractivity contribution in [3.63, 3.8) is 0 Å². The van der Waals surface area contributed by atoms with Gasteiger partial charge in [-0.15, -0.1) is 6.58 Å². The highest BCUT2D eigenvalue weighted by atomic mass is 16.6. The number of carbonyl (C=O) groups excluding carboxylic acids is 4. The summed E-state index contributed by atoms with van der Waals surface area (Å²) in [4.78, 5) is 63.0. The fraction of sp³-hybridized carbons (Fsp3) is 0.304. The van der Waals surface area contributed by atoms with Crippen LogP contribution < -0.4 is 15.0 Å². The van der Waals surface area contributed by atoms with E-state index in [0.29, 0.717) is 22.4 Å². The summed E-state index contributed by atoms with van der Waals surface area (Å²) < 4.78 is 22.9. The van der Waals surface area contributed by atoms with Crippen molar-refractivity contribution in [3.05, 3.63) is 144 Å². The van der Waals surface area contributed by atoms with Gasteiger partial charge < -0.3 is 34.5 Å². The molecule has 3 heterocycles. The van der Waals surface area contributed by atoms with Gasteiger partial charge in [-0.25, -0.2) is 9.69 Å². The lowest BCUT2D eigenvalue weighted by Gasteiger charge is -2.46. The first-order valence-electron chi connectivity index (χ1n) is 19.4. The van der Waals surface area contributed by atoms with E-state index in [1.807, 2.05) is 65.6 Å². The number of aliphatic hydroxyl groups is 2. The second-order valence-electron chi connectivity index (χ2n) is 14.2. The monoisotopic (exact) mass is 799 g/mol. The maximum atomic E-state index is 16.0. The minimum atomic E-state index is -1.99. The molecule has 59 heavy (non-hydrogen) atoms. The Morgan fingerprint density at radius 2 is 1.59 bits per heavy atom. The zero-order valence-corrected chi connectivity index (χ0v) is 32.5. The SMILES string of the molecule is C=CCNC(=O)C1C2C(=O)OC(c3ccccc3)C(c3ccccc3)N2C(c2ccc(OCCO)cc2)C12C(=O)N(C(=O)OCCOC)c1ccc(C#CCCO)cc12. The van der Waals surface area contributed by atoms with Crippen molar-refractivity contribution < 1.29 is 48.3 Å². The van der Waals surface area contributed by atoms with Crippen molar-refractivity contribution >= 4 is 29.6 Å². The van der Waals surface area contributed by atoms with Crippen LogP contribution in [0.5, 0.6) is 5.75 Å². The number of ether oxygens (including phenoxy) is 4. The molecular formula is C46H45N3O10. The number of carbonyl (C=O) groups is 4. The van der Waals surface area contributed by atoms with Gasteiger partial charge in [-0.3, -0.25) is 19.3 Å². The van der Waals surface area contributed by atoms with E-state index < -0.39 is 59.4 Å². The summed E-state index contributed by atoms with van der Waals surface area (Å²) in [6, 6.07) is 27.3. The lowest BCUT2D eigenvalue weighted by molar-refractivity contribution is -0.178. The molecule has 3 N–H and O–H groups in total. The van der Waals surface area contributed by atoms with E-state index in [9.17, 15) is 19.8 Å². The summed E-state index contributed by atoms with van der Waals surface area (Å²) in [6.07, 6.45) is -0.211. The molecule has 6 atom stereocenters. The highest BCUT2D eigenvalue weighted by molar-refractivity contribution is 6.23. The zero-order chi connectivity index (χ0) is 41.5. The molecule has 0 radical (unpaired) electrons. The predicted octanol–water partition coefficient (Wildman–Crippen LogP) is 4.54. The maximum absolute atomic E-state index is 16.0. The number of imide groups is 1. The normalized spacial score (nSPS) is 23.1. The third kappa shape index (κ3) is 7.48. The van der Waals surface area contributed by atoms with E-state index in [1.54, 1.807) is 42.5 Å². The van der Waals surface area contributed by atoms with Crippen LogP contribution in [0.1, 0.15) is 52.4 Å². The molecule has 2 fully saturated rings. The van der Waals surface area contributed by atoms with Crippen LogP contribution in [-0.2, 0) is 34.0 Å². The topological polar surface area (TPSA) is 164 Å². The zero-order valence-electron chi connectivity index (χ0n) is 32.5. The number of rotatable bonds is 13. The van der Waals surface area contributed by atoms with Crippen LogP contribution in [-0.4, -0.2) is 91.7 Å². The van der Waals surface area contributed by atoms with Crippen molar-refractivity contribution in [2.45, 2.75) is 36.1 Å². The maximum Gasteiger partial charge on any atom is 0.421 e. The van der Waals surface area contributed by atoms with Crippen molar-refractivity contribution in [1.82, 2.24) is 10.2 Å². The molecule has 304 valence electrons. The van der Waals surface area contributed by atoms with Gasteiger partial charge in [0.2, 0.25) is 11.8 Å². The number of fused-ring (bicyclic) bond motifs is 3. The summed E-state index contributed by atoms with van der Waals surface area (Å²) in [5, 5.41) is 21.9. The van der Waals surface area contributed by atoms with Crippen LogP contribution >= 0.6 is 0 Å². The lowest BCUT2D eigenvalue weighted by atomic mass is 9.65. The molecule has 2 saturated heterocycles. The summed E-state index contributed by atoms with van der Waals surface area (Å²) in [5.74, 6) is 2.77. The van der Waals surface area contributed by atoms with Crippen molar-refractivity contribution in [2.75, 3.05) is 51.6 Å². The Balaban J connectivity index is 1.57. The van der Waals surface area contributed by atoms with E-state index in [1.165, 1.54) is 13.2 Å². The third-order valence-corrected chi connectivity index (χ3v) is 10.9. The molecule has 0 bridgehead atoms. The van der Waals surface area contributed by atoms with Gasteiger partial charge in [0.15, 0.2) is 0 Å². The van der Waals surface area contributed by atoms with E-state index in [4.69, 9.17) is 18.9 Å². The van der Waals surface area contributed by atoms with Crippen LogP contribution in [0.25, 0.3) is 0 Å². The Hall–Kier alpha value is -6.30. The number of anilines is 1. The number of hydrogen-bond acceptors (Lipinski definition) is 11. The Kier molecular flexibility index (Phi) is 12.5. The largest absolute Gasteiger partial charge is 0.491 e. The molecule has 13 heteroatoms. The molecule has 1 spiro atoms. The molecule has 6 unspecified atom stereocenters. The number of cyclic esters (lactones) is 1. The van der Waals surface area contributed by atoms with Crippen LogP contribution in [0.15, 0.2) is 116 Å². The van der Waals surface area contributed by atoms with Gasteiger partial charge in [-0.05, 0) is 52.6 Å². The number of amides is 3. The van der Waals surface area contributed by atoms with Crippen LogP contribution in [0.3, 0.4) is 0 Å². The van der Waals surface area contributed by atoms with Gasteiger partial charge >= 0.3 is 12.1 Å². The molecule has 0 aromatic heterocycles. The average molecular weight is 800 g/mol. The molecule has 7 rings (SSSR count). The molecule has 3 amide bonds. The Labute approximate surface area is 342 Å². The summed E-state index contributed by atoms with van der Waals surface area (Å²) in [7, 11) is 1.45. The number of morpholine rings is 1. The average Bonchev–Trinajstić information content (AvgIpc) is 3.72. The molecule has 4 aromatic rings. The van der Waals surface area contributed by atoms with Gasteiger partial charge in [0.05, 0.1) is 43.5 Å². The first-order chi connectivity index (χ1) is 28.8. The summed E-state index contributed by atoms with van der Waals surface area (Å²) in [6.45, 7) is 3.35. The highest BCUT2D eigenvalue weighted by Gasteiger charge is 2.75. The summed E-state index contributed by atoms with van der Waals surface area (Å²) in [5.41, 5.74) is 0.852. The minimum Gasteiger partial charge on any atom is -0.491 e. The van der Waals surface area contributed by atoms with Crippen LogP contribution in [0.4, 0.5) is 10.5 Å². The summed E-state index contributed by atoms with van der Waals surface area (Å²) >= 11 is 0. The highest BCUT2D eigenvalue weighted by Crippen LogP contribution is 2.66. The fourth-order valence-corrected chi connectivity index (χ4v) is 8.66. The third-order valence-electron chi connectivity index (χ3n) is 10.9. The molecule has 3 aliphatic heterocycles. The number of esters is 1. The number of nitrogens with one attached hydrogen (secondary N) is 1. The number of aliphatic hydroxyl groups excluding tert-OH is 2. The lowest BCUT2D eigenvalue weighted by Crippen LogP contribution is -2.55. The molecule has 13 nitrogen and oxygen atoms in total.